The first kappa shape index (κ1) is 24.1. The fraction of sp³-hybridized carbons (Fsp3) is 0.522. The SMILES string of the molecule is CN1[C@@H]2CC[C@H]1CC(NC(=O)c1cc(Cl)cc3c1OC(C)(C)C3)C2.O=C(O)/C=C/C(=O)O. The molecule has 1 aromatic rings. The van der Waals surface area contributed by atoms with Crippen molar-refractivity contribution >= 4 is 29.4 Å². The van der Waals surface area contributed by atoms with E-state index < -0.39 is 11.9 Å². The summed E-state index contributed by atoms with van der Waals surface area (Å²) < 4.78 is 6.03. The molecule has 9 heteroatoms. The summed E-state index contributed by atoms with van der Waals surface area (Å²) in [7, 11) is 2.21. The van der Waals surface area contributed by atoms with Gasteiger partial charge in [0.05, 0.1) is 5.56 Å². The Balaban J connectivity index is 0.000000312. The first-order chi connectivity index (χ1) is 14.9. The second-order valence-corrected chi connectivity index (χ2v) is 9.62. The van der Waals surface area contributed by atoms with E-state index in [2.05, 4.69) is 17.3 Å². The Hall–Kier alpha value is -2.58. The lowest BCUT2D eigenvalue weighted by molar-refractivity contribution is -0.134. The van der Waals surface area contributed by atoms with Crippen molar-refractivity contribution in [2.45, 2.75) is 69.7 Å². The van der Waals surface area contributed by atoms with Crippen LogP contribution in [0.4, 0.5) is 0 Å². The second-order valence-electron chi connectivity index (χ2n) is 9.18. The third kappa shape index (κ3) is 5.81. The van der Waals surface area contributed by atoms with E-state index in [1.165, 1.54) is 12.8 Å². The van der Waals surface area contributed by atoms with Crippen LogP contribution < -0.4 is 10.1 Å². The van der Waals surface area contributed by atoms with Crippen molar-refractivity contribution in [2.24, 2.45) is 0 Å². The molecule has 1 amide bonds. The molecular weight excluding hydrogens is 436 g/mol. The van der Waals surface area contributed by atoms with Crippen LogP contribution in [0.15, 0.2) is 24.3 Å². The molecule has 2 fully saturated rings. The Kier molecular flexibility index (Phi) is 7.15. The number of halogens is 1. The molecule has 32 heavy (non-hydrogen) atoms. The van der Waals surface area contributed by atoms with E-state index in [4.69, 9.17) is 26.6 Å². The van der Waals surface area contributed by atoms with Gasteiger partial charge in [0.15, 0.2) is 0 Å². The molecule has 3 heterocycles. The average Bonchev–Trinajstić information content (AvgIpc) is 3.08. The summed E-state index contributed by atoms with van der Waals surface area (Å²) in [6, 6.07) is 5.11. The van der Waals surface area contributed by atoms with Gasteiger partial charge in [-0.25, -0.2) is 9.59 Å². The van der Waals surface area contributed by atoms with Gasteiger partial charge in [-0.2, -0.15) is 0 Å². The molecule has 2 bridgehead atoms. The zero-order valence-corrected chi connectivity index (χ0v) is 19.2. The number of amides is 1. The molecule has 1 aromatic carbocycles. The lowest BCUT2D eigenvalue weighted by Gasteiger charge is -2.36. The number of carbonyl (C=O) groups excluding carboxylic acids is 1. The average molecular weight is 465 g/mol. The topological polar surface area (TPSA) is 116 Å². The number of fused-ring (bicyclic) bond motifs is 3. The Morgan fingerprint density at radius 3 is 2.22 bits per heavy atom. The summed E-state index contributed by atoms with van der Waals surface area (Å²) in [4.78, 5) is 34.5. The molecular formula is C23H29ClN2O6. The Morgan fingerprint density at radius 1 is 1.12 bits per heavy atom. The van der Waals surface area contributed by atoms with Crippen molar-refractivity contribution in [3.05, 3.63) is 40.4 Å². The normalized spacial score (nSPS) is 25.4. The standard InChI is InChI=1S/C19H25ClN2O2.C4H4O4/c1-19(2)10-11-6-12(20)7-16(17(11)24-19)18(23)21-13-8-14-4-5-15(9-13)22(14)3;5-3(6)1-2-4(7)8/h6-7,13-15H,4-5,8-10H2,1-3H3,(H,21,23);1-2H,(H,5,6)(H,7,8)/b;2-1+/t13?,14-,15+;. The molecule has 8 nitrogen and oxygen atoms in total. The highest BCUT2D eigenvalue weighted by Gasteiger charge is 2.40. The van der Waals surface area contributed by atoms with Crippen LogP contribution in [0, 0.1) is 0 Å². The molecule has 0 saturated carbocycles. The molecule has 3 aliphatic rings. The fourth-order valence-corrected chi connectivity index (χ4v) is 5.02. The number of hydrogen-bond donors (Lipinski definition) is 3. The van der Waals surface area contributed by atoms with Crippen molar-refractivity contribution < 1.29 is 29.3 Å². The highest BCUT2D eigenvalue weighted by atomic mass is 35.5. The Morgan fingerprint density at radius 2 is 1.69 bits per heavy atom. The lowest BCUT2D eigenvalue weighted by atomic mass is 9.97. The molecule has 0 spiro atoms. The number of nitrogens with one attached hydrogen (secondary N) is 1. The van der Waals surface area contributed by atoms with Crippen LogP contribution in [-0.2, 0) is 16.0 Å². The van der Waals surface area contributed by atoms with Crippen LogP contribution in [0.25, 0.3) is 0 Å². The van der Waals surface area contributed by atoms with Crippen molar-refractivity contribution in [3.63, 3.8) is 0 Å². The quantitative estimate of drug-likeness (QED) is 0.586. The monoisotopic (exact) mass is 464 g/mol. The third-order valence-corrected chi connectivity index (χ3v) is 6.39. The van der Waals surface area contributed by atoms with Gasteiger partial charge in [0.1, 0.15) is 11.4 Å². The summed E-state index contributed by atoms with van der Waals surface area (Å²) in [5.41, 5.74) is 1.32. The van der Waals surface area contributed by atoms with Crippen LogP contribution >= 0.6 is 11.6 Å². The summed E-state index contributed by atoms with van der Waals surface area (Å²) >= 11 is 6.24. The highest BCUT2D eigenvalue weighted by molar-refractivity contribution is 6.31. The van der Waals surface area contributed by atoms with Gasteiger partial charge in [0, 0.05) is 47.3 Å². The number of piperidine rings is 1. The minimum absolute atomic E-state index is 0.0552. The molecule has 2 saturated heterocycles. The molecule has 4 rings (SSSR count). The van der Waals surface area contributed by atoms with Gasteiger partial charge in [-0.05, 0) is 58.7 Å². The smallest absolute Gasteiger partial charge is 0.328 e. The first-order valence-electron chi connectivity index (χ1n) is 10.6. The zero-order valence-electron chi connectivity index (χ0n) is 18.4. The van der Waals surface area contributed by atoms with E-state index in [0.717, 1.165) is 24.8 Å². The molecule has 0 aliphatic carbocycles. The number of aliphatic carboxylic acids is 2. The first-order valence-corrected chi connectivity index (χ1v) is 11.0. The zero-order chi connectivity index (χ0) is 23.6. The summed E-state index contributed by atoms with van der Waals surface area (Å²) in [6.07, 6.45) is 6.46. The maximum absolute atomic E-state index is 12.9. The van der Waals surface area contributed by atoms with Crippen LogP contribution in [0.5, 0.6) is 5.75 Å². The molecule has 0 aromatic heterocycles. The Bertz CT molecular complexity index is 915. The number of ether oxygens (including phenoxy) is 1. The summed E-state index contributed by atoms with van der Waals surface area (Å²) in [6.45, 7) is 4.08. The van der Waals surface area contributed by atoms with Crippen molar-refractivity contribution in [2.75, 3.05) is 7.05 Å². The van der Waals surface area contributed by atoms with E-state index in [1.807, 2.05) is 19.9 Å². The number of carboxylic acids is 2. The van der Waals surface area contributed by atoms with E-state index in [-0.39, 0.29) is 17.6 Å². The minimum atomic E-state index is -1.26. The lowest BCUT2D eigenvalue weighted by Crippen LogP contribution is -2.48. The van der Waals surface area contributed by atoms with Crippen molar-refractivity contribution in [1.82, 2.24) is 10.2 Å². The van der Waals surface area contributed by atoms with Crippen LogP contribution in [0.1, 0.15) is 55.5 Å². The van der Waals surface area contributed by atoms with E-state index in [9.17, 15) is 14.4 Å². The van der Waals surface area contributed by atoms with Gasteiger partial charge in [0.25, 0.3) is 5.91 Å². The van der Waals surface area contributed by atoms with Gasteiger partial charge in [-0.1, -0.05) is 11.6 Å². The van der Waals surface area contributed by atoms with Gasteiger partial charge < -0.3 is 25.2 Å². The van der Waals surface area contributed by atoms with Gasteiger partial charge in [-0.3, -0.25) is 4.79 Å². The number of benzene rings is 1. The maximum Gasteiger partial charge on any atom is 0.328 e. The van der Waals surface area contributed by atoms with Crippen molar-refractivity contribution in [3.8, 4) is 5.75 Å². The molecule has 174 valence electrons. The van der Waals surface area contributed by atoms with E-state index in [1.54, 1.807) is 6.07 Å². The molecule has 0 radical (unpaired) electrons. The van der Waals surface area contributed by atoms with E-state index in [0.29, 0.717) is 40.6 Å². The van der Waals surface area contributed by atoms with Crippen LogP contribution in [0.2, 0.25) is 5.02 Å². The molecule has 3 atom stereocenters. The Labute approximate surface area is 192 Å². The second kappa shape index (κ2) is 9.50. The third-order valence-electron chi connectivity index (χ3n) is 6.17. The fourth-order valence-electron chi connectivity index (χ4n) is 4.78. The minimum Gasteiger partial charge on any atom is -0.486 e. The van der Waals surface area contributed by atoms with Crippen LogP contribution in [-0.4, -0.2) is 63.7 Å². The predicted octanol–water partition coefficient (Wildman–Crippen LogP) is 3.12. The van der Waals surface area contributed by atoms with Gasteiger partial charge >= 0.3 is 11.9 Å². The summed E-state index contributed by atoms with van der Waals surface area (Å²) in [5, 5.41) is 19.5. The van der Waals surface area contributed by atoms with E-state index >= 15 is 0 Å². The molecule has 1 unspecified atom stereocenters. The molecule has 3 N–H and O–H groups in total. The predicted molar refractivity (Wildman–Crippen MR) is 119 cm³/mol. The number of carbonyl (C=O) groups is 3. The number of carboxylic acid groups (broad SMARTS) is 2. The van der Waals surface area contributed by atoms with Gasteiger partial charge in [-0.15, -0.1) is 0 Å². The van der Waals surface area contributed by atoms with Gasteiger partial charge in [0.2, 0.25) is 0 Å². The largest absolute Gasteiger partial charge is 0.486 e. The number of hydrogen-bond acceptors (Lipinski definition) is 5. The highest BCUT2D eigenvalue weighted by Crippen LogP contribution is 2.40. The molecule has 3 aliphatic heterocycles. The van der Waals surface area contributed by atoms with Crippen molar-refractivity contribution in [1.29, 1.82) is 0 Å². The number of rotatable bonds is 4. The number of nitrogens with zero attached hydrogens (tertiary/aromatic N) is 1. The maximum atomic E-state index is 12.9. The summed E-state index contributed by atoms with van der Waals surface area (Å²) in [5.74, 6) is -1.86. The van der Waals surface area contributed by atoms with Crippen LogP contribution in [0.3, 0.4) is 0 Å².